The Morgan fingerprint density at radius 2 is 1.92 bits per heavy atom. The van der Waals surface area contributed by atoms with Crippen molar-refractivity contribution in [2.75, 3.05) is 26.4 Å². The number of hydrogen-bond acceptors (Lipinski definition) is 3. The number of rotatable bonds is 6. The predicted octanol–water partition coefficient (Wildman–Crippen LogP) is 4.35. The van der Waals surface area contributed by atoms with E-state index in [9.17, 15) is 4.79 Å². The van der Waals surface area contributed by atoms with Gasteiger partial charge in [0.15, 0.2) is 6.61 Å². The van der Waals surface area contributed by atoms with E-state index in [1.54, 1.807) is 18.2 Å². The van der Waals surface area contributed by atoms with Crippen molar-refractivity contribution in [3.8, 4) is 5.75 Å². The topological polar surface area (TPSA) is 47.6 Å². The Morgan fingerprint density at radius 3 is 2.62 bits per heavy atom. The zero-order valence-corrected chi connectivity index (χ0v) is 16.7. The maximum atomic E-state index is 12.3. The van der Waals surface area contributed by atoms with Crippen molar-refractivity contribution < 1.29 is 14.3 Å². The van der Waals surface area contributed by atoms with Crippen molar-refractivity contribution in [3.05, 3.63) is 63.6 Å². The summed E-state index contributed by atoms with van der Waals surface area (Å²) in [6.07, 6.45) is 1.78. The first-order chi connectivity index (χ1) is 12.6. The second kappa shape index (κ2) is 8.89. The molecule has 0 aliphatic carbocycles. The van der Waals surface area contributed by atoms with Crippen LogP contribution in [0.3, 0.4) is 0 Å². The molecule has 0 atom stereocenters. The minimum atomic E-state index is -0.145. The van der Waals surface area contributed by atoms with Gasteiger partial charge in [-0.25, -0.2) is 0 Å². The predicted molar refractivity (Wildman–Crippen MR) is 106 cm³/mol. The minimum Gasteiger partial charge on any atom is -0.483 e. The summed E-state index contributed by atoms with van der Waals surface area (Å²) < 4.78 is 11.8. The summed E-state index contributed by atoms with van der Waals surface area (Å²) in [5.41, 5.74) is 1.15. The summed E-state index contributed by atoms with van der Waals surface area (Å²) in [6.45, 7) is 1.95. The van der Waals surface area contributed by atoms with Crippen LogP contribution in [0.15, 0.2) is 53.0 Å². The number of hydrogen-bond donors (Lipinski definition) is 1. The van der Waals surface area contributed by atoms with E-state index in [0.717, 1.165) is 17.3 Å². The fraction of sp³-hybridized carbons (Fsp3) is 0.350. The lowest BCUT2D eigenvalue weighted by Crippen LogP contribution is -2.45. The van der Waals surface area contributed by atoms with Gasteiger partial charge in [-0.05, 0) is 52.5 Å². The van der Waals surface area contributed by atoms with E-state index < -0.39 is 0 Å². The molecule has 0 bridgehead atoms. The molecule has 0 spiro atoms. The molecule has 1 amide bonds. The summed E-state index contributed by atoms with van der Waals surface area (Å²) in [5.74, 6) is 0.446. The molecule has 3 rings (SSSR count). The molecule has 26 heavy (non-hydrogen) atoms. The third-order valence-electron chi connectivity index (χ3n) is 4.71. The molecule has 1 fully saturated rings. The van der Waals surface area contributed by atoms with Gasteiger partial charge in [0.05, 0.1) is 4.47 Å². The molecule has 0 radical (unpaired) electrons. The Labute approximate surface area is 167 Å². The maximum Gasteiger partial charge on any atom is 0.257 e. The van der Waals surface area contributed by atoms with E-state index in [2.05, 4.69) is 33.4 Å². The Kier molecular flexibility index (Phi) is 6.57. The highest BCUT2D eigenvalue weighted by molar-refractivity contribution is 9.10. The van der Waals surface area contributed by atoms with Crippen molar-refractivity contribution in [1.29, 1.82) is 0 Å². The van der Waals surface area contributed by atoms with Crippen LogP contribution in [0.5, 0.6) is 5.75 Å². The highest BCUT2D eigenvalue weighted by Gasteiger charge is 2.34. The lowest BCUT2D eigenvalue weighted by Gasteiger charge is -2.38. The first-order valence-electron chi connectivity index (χ1n) is 8.57. The van der Waals surface area contributed by atoms with Crippen molar-refractivity contribution in [1.82, 2.24) is 5.32 Å². The van der Waals surface area contributed by atoms with Crippen LogP contribution in [-0.2, 0) is 14.9 Å². The Balaban J connectivity index is 1.59. The largest absolute Gasteiger partial charge is 0.483 e. The van der Waals surface area contributed by atoms with E-state index in [-0.39, 0.29) is 17.9 Å². The first kappa shape index (κ1) is 19.2. The number of nitrogens with one attached hydrogen (secondary N) is 1. The van der Waals surface area contributed by atoms with E-state index in [1.165, 1.54) is 5.56 Å². The highest BCUT2D eigenvalue weighted by atomic mass is 79.9. The monoisotopic (exact) mass is 437 g/mol. The van der Waals surface area contributed by atoms with E-state index >= 15 is 0 Å². The fourth-order valence-electron chi connectivity index (χ4n) is 3.18. The van der Waals surface area contributed by atoms with Gasteiger partial charge >= 0.3 is 0 Å². The van der Waals surface area contributed by atoms with Crippen LogP contribution in [0.2, 0.25) is 5.02 Å². The minimum absolute atomic E-state index is 0.0401. The lowest BCUT2D eigenvalue weighted by molar-refractivity contribution is -0.123. The molecule has 1 saturated heterocycles. The molecular formula is C20H21BrClNO3. The normalized spacial score (nSPS) is 16.1. The SMILES string of the molecule is O=C(COc1ccc(Cl)cc1Br)NCC1(c2ccccc2)CCOCC1. The second-order valence-electron chi connectivity index (χ2n) is 6.40. The summed E-state index contributed by atoms with van der Waals surface area (Å²) in [7, 11) is 0. The van der Waals surface area contributed by atoms with Crippen molar-refractivity contribution in [2.45, 2.75) is 18.3 Å². The van der Waals surface area contributed by atoms with Crippen molar-refractivity contribution >= 4 is 33.4 Å². The molecule has 1 N–H and O–H groups in total. The number of halogens is 2. The number of amides is 1. The summed E-state index contributed by atoms with van der Waals surface area (Å²) >= 11 is 9.30. The second-order valence-corrected chi connectivity index (χ2v) is 7.69. The number of carbonyl (C=O) groups excluding carboxylic acids is 1. The number of carbonyl (C=O) groups is 1. The van der Waals surface area contributed by atoms with Gasteiger partial charge in [0.25, 0.3) is 5.91 Å². The van der Waals surface area contributed by atoms with Crippen LogP contribution in [0.4, 0.5) is 0 Å². The highest BCUT2D eigenvalue weighted by Crippen LogP contribution is 2.34. The smallest absolute Gasteiger partial charge is 0.257 e. The van der Waals surface area contributed by atoms with Crippen LogP contribution < -0.4 is 10.1 Å². The summed E-state index contributed by atoms with van der Waals surface area (Å²) in [4.78, 5) is 12.3. The molecule has 4 nitrogen and oxygen atoms in total. The summed E-state index contributed by atoms with van der Waals surface area (Å²) in [5, 5.41) is 3.64. The van der Waals surface area contributed by atoms with E-state index in [1.807, 2.05) is 18.2 Å². The molecule has 0 aromatic heterocycles. The standard InChI is InChI=1S/C20H21BrClNO3/c21-17-12-16(22)6-7-18(17)26-13-19(24)23-14-20(8-10-25-11-9-20)15-4-2-1-3-5-15/h1-7,12H,8-11,13-14H2,(H,23,24). The van der Waals surface area contributed by atoms with Gasteiger partial charge in [0.1, 0.15) is 5.75 Å². The van der Waals surface area contributed by atoms with Crippen LogP contribution in [0.25, 0.3) is 0 Å². The zero-order chi connectivity index (χ0) is 18.4. The van der Waals surface area contributed by atoms with Gasteiger partial charge in [0.2, 0.25) is 0 Å². The van der Waals surface area contributed by atoms with Crippen LogP contribution in [0.1, 0.15) is 18.4 Å². The third-order valence-corrected chi connectivity index (χ3v) is 5.57. The van der Waals surface area contributed by atoms with Crippen LogP contribution >= 0.6 is 27.5 Å². The quantitative estimate of drug-likeness (QED) is 0.729. The molecule has 0 saturated carbocycles. The van der Waals surface area contributed by atoms with Gasteiger partial charge in [-0.1, -0.05) is 41.9 Å². The van der Waals surface area contributed by atoms with Crippen LogP contribution in [-0.4, -0.2) is 32.3 Å². The molecule has 1 heterocycles. The molecule has 2 aromatic carbocycles. The Bertz CT molecular complexity index is 748. The molecular weight excluding hydrogens is 418 g/mol. The molecule has 6 heteroatoms. The first-order valence-corrected chi connectivity index (χ1v) is 9.74. The molecule has 1 aliphatic heterocycles. The van der Waals surface area contributed by atoms with Gasteiger partial charge in [-0.15, -0.1) is 0 Å². The Morgan fingerprint density at radius 1 is 1.19 bits per heavy atom. The average molecular weight is 439 g/mol. The van der Waals surface area contributed by atoms with E-state index in [0.29, 0.717) is 30.5 Å². The average Bonchev–Trinajstić information content (AvgIpc) is 2.67. The molecule has 1 aliphatic rings. The van der Waals surface area contributed by atoms with Gasteiger partial charge in [0, 0.05) is 30.2 Å². The fourth-order valence-corrected chi connectivity index (χ4v) is 3.97. The lowest BCUT2D eigenvalue weighted by atomic mass is 9.74. The van der Waals surface area contributed by atoms with Crippen LogP contribution in [0, 0.1) is 0 Å². The zero-order valence-electron chi connectivity index (χ0n) is 14.3. The van der Waals surface area contributed by atoms with Crippen molar-refractivity contribution in [2.24, 2.45) is 0 Å². The number of benzene rings is 2. The number of ether oxygens (including phenoxy) is 2. The Hall–Kier alpha value is -1.56. The van der Waals surface area contributed by atoms with E-state index in [4.69, 9.17) is 21.1 Å². The maximum absolute atomic E-state index is 12.3. The van der Waals surface area contributed by atoms with Gasteiger partial charge in [-0.2, -0.15) is 0 Å². The van der Waals surface area contributed by atoms with Gasteiger partial charge in [-0.3, -0.25) is 4.79 Å². The third kappa shape index (κ3) is 4.78. The molecule has 2 aromatic rings. The molecule has 0 unspecified atom stereocenters. The summed E-state index contributed by atoms with van der Waals surface area (Å²) in [6, 6.07) is 15.5. The molecule has 138 valence electrons. The van der Waals surface area contributed by atoms with Gasteiger partial charge < -0.3 is 14.8 Å². The van der Waals surface area contributed by atoms with Crippen molar-refractivity contribution in [3.63, 3.8) is 0 Å².